The summed E-state index contributed by atoms with van der Waals surface area (Å²) in [6, 6.07) is 1.95. The fraction of sp³-hybridized carbons (Fsp3) is 0.273. The number of benzene rings is 1. The van der Waals surface area contributed by atoms with Crippen molar-refractivity contribution in [3.8, 4) is 0 Å². The molecule has 0 heterocycles. The predicted molar refractivity (Wildman–Crippen MR) is 98.0 cm³/mol. The van der Waals surface area contributed by atoms with Gasteiger partial charge in [-0.25, -0.2) is 0 Å². The van der Waals surface area contributed by atoms with Gasteiger partial charge in [0.05, 0.1) is 14.9 Å². The maximum atomic E-state index is 11.5. The number of rotatable bonds is 2. The Morgan fingerprint density at radius 3 is 2.17 bits per heavy atom. The third-order valence-electron chi connectivity index (χ3n) is 2.25. The minimum absolute atomic E-state index is 0.0409. The zero-order chi connectivity index (χ0) is 14.0. The van der Waals surface area contributed by atoms with Gasteiger partial charge in [-0.3, -0.25) is 9.59 Å². The molecule has 0 atom stereocenters. The molecule has 0 unspecified atom stereocenters. The molecule has 0 spiro atoms. The molecule has 1 aromatic carbocycles. The highest BCUT2D eigenvalue weighted by Gasteiger charge is 2.19. The van der Waals surface area contributed by atoms with Crippen LogP contribution < -0.4 is 10.2 Å². The number of amides is 2. The minimum Gasteiger partial charge on any atom is -0.324 e. The highest BCUT2D eigenvalue weighted by molar-refractivity contribution is 14.1. The summed E-state index contributed by atoms with van der Waals surface area (Å²) in [5, 5.41) is 2.81. The second-order valence-corrected chi connectivity index (χ2v) is 7.04. The number of anilines is 2. The van der Waals surface area contributed by atoms with Gasteiger partial charge in [-0.2, -0.15) is 0 Å². The van der Waals surface area contributed by atoms with Gasteiger partial charge in [0, 0.05) is 28.0 Å². The van der Waals surface area contributed by atoms with Crippen LogP contribution in [-0.2, 0) is 9.59 Å². The van der Waals surface area contributed by atoms with Crippen LogP contribution in [0.1, 0.15) is 13.8 Å². The van der Waals surface area contributed by atoms with E-state index in [1.165, 1.54) is 13.8 Å². The normalized spacial score (nSPS) is 10.1. The zero-order valence-electron chi connectivity index (χ0n) is 9.97. The number of halogens is 3. The summed E-state index contributed by atoms with van der Waals surface area (Å²) in [7, 11) is 1.73. The maximum absolute atomic E-state index is 11.5. The molecule has 0 radical (unpaired) electrons. The molecule has 0 saturated heterocycles. The molecule has 0 saturated carbocycles. The van der Waals surface area contributed by atoms with E-state index in [1.54, 1.807) is 11.9 Å². The number of hydrogen-bond acceptors (Lipinski definition) is 2. The Morgan fingerprint density at radius 2 is 1.72 bits per heavy atom. The molecular weight excluding hydrogens is 573 g/mol. The Labute approximate surface area is 147 Å². The highest BCUT2D eigenvalue weighted by Crippen LogP contribution is 2.37. The first-order valence-electron chi connectivity index (χ1n) is 4.95. The SMILES string of the molecule is CC(=O)Nc1c(I)cc(I)c(N(C)C(C)=O)c1I. The van der Waals surface area contributed by atoms with Crippen LogP contribution in [0.4, 0.5) is 11.4 Å². The fourth-order valence-electron chi connectivity index (χ4n) is 1.34. The molecule has 0 fully saturated rings. The van der Waals surface area contributed by atoms with Crippen LogP contribution in [0, 0.1) is 10.7 Å². The van der Waals surface area contributed by atoms with Crippen molar-refractivity contribution in [3.05, 3.63) is 16.8 Å². The van der Waals surface area contributed by atoms with Crippen molar-refractivity contribution in [2.24, 2.45) is 0 Å². The standard InChI is InChI=1S/C11H11I3N2O2/c1-5(17)15-10-7(12)4-8(13)11(9(10)14)16(3)6(2)18/h4H,1-3H3,(H,15,17). The van der Waals surface area contributed by atoms with Crippen molar-refractivity contribution in [2.45, 2.75) is 13.8 Å². The second kappa shape index (κ2) is 6.68. The molecule has 98 valence electrons. The third kappa shape index (κ3) is 3.68. The molecule has 1 aromatic rings. The van der Waals surface area contributed by atoms with E-state index >= 15 is 0 Å². The Balaban J connectivity index is 3.44. The summed E-state index contributed by atoms with van der Waals surface area (Å²) in [6.45, 7) is 2.99. The first-order valence-corrected chi connectivity index (χ1v) is 8.18. The van der Waals surface area contributed by atoms with Crippen molar-refractivity contribution >= 4 is 91.0 Å². The summed E-state index contributed by atoms with van der Waals surface area (Å²) in [5.74, 6) is -0.163. The molecule has 0 aromatic heterocycles. The lowest BCUT2D eigenvalue weighted by molar-refractivity contribution is -0.116. The first kappa shape index (κ1) is 16.4. The van der Waals surface area contributed by atoms with Gasteiger partial charge < -0.3 is 10.2 Å². The van der Waals surface area contributed by atoms with Gasteiger partial charge in [0.15, 0.2) is 0 Å². The first-order chi connectivity index (χ1) is 8.25. The van der Waals surface area contributed by atoms with Gasteiger partial charge in [-0.1, -0.05) is 0 Å². The van der Waals surface area contributed by atoms with Crippen LogP contribution in [-0.4, -0.2) is 18.9 Å². The van der Waals surface area contributed by atoms with Crippen molar-refractivity contribution in [1.29, 1.82) is 0 Å². The molecule has 18 heavy (non-hydrogen) atoms. The van der Waals surface area contributed by atoms with Crippen LogP contribution in [0.15, 0.2) is 6.07 Å². The summed E-state index contributed by atoms with van der Waals surface area (Å²) in [4.78, 5) is 24.3. The molecule has 1 N–H and O–H groups in total. The molecule has 4 nitrogen and oxygen atoms in total. The number of carbonyl (C=O) groups is 2. The van der Waals surface area contributed by atoms with Gasteiger partial charge in [-0.15, -0.1) is 0 Å². The Kier molecular flexibility index (Phi) is 6.09. The van der Waals surface area contributed by atoms with Crippen molar-refractivity contribution < 1.29 is 9.59 Å². The molecular formula is C11H11I3N2O2. The van der Waals surface area contributed by atoms with E-state index in [-0.39, 0.29) is 11.8 Å². The minimum atomic E-state index is -0.122. The monoisotopic (exact) mass is 584 g/mol. The van der Waals surface area contributed by atoms with Crippen molar-refractivity contribution in [3.63, 3.8) is 0 Å². The van der Waals surface area contributed by atoms with E-state index in [2.05, 4.69) is 73.1 Å². The topological polar surface area (TPSA) is 49.4 Å². The smallest absolute Gasteiger partial charge is 0.223 e. The number of nitrogens with zero attached hydrogens (tertiary/aromatic N) is 1. The van der Waals surface area contributed by atoms with Gasteiger partial charge >= 0.3 is 0 Å². The number of hydrogen-bond donors (Lipinski definition) is 1. The fourth-order valence-corrected chi connectivity index (χ4v) is 5.70. The second-order valence-electron chi connectivity index (χ2n) is 3.64. The molecule has 0 bridgehead atoms. The van der Waals surface area contributed by atoms with Gasteiger partial charge in [0.2, 0.25) is 11.8 Å². The van der Waals surface area contributed by atoms with Crippen LogP contribution >= 0.6 is 67.8 Å². The molecule has 0 aliphatic heterocycles. The van der Waals surface area contributed by atoms with E-state index in [0.717, 1.165) is 22.1 Å². The van der Waals surface area contributed by atoms with Gasteiger partial charge in [0.1, 0.15) is 0 Å². The summed E-state index contributed by atoms with van der Waals surface area (Å²) in [5.41, 5.74) is 1.58. The lowest BCUT2D eigenvalue weighted by Crippen LogP contribution is -2.25. The maximum Gasteiger partial charge on any atom is 0.223 e. The van der Waals surface area contributed by atoms with E-state index < -0.39 is 0 Å². The van der Waals surface area contributed by atoms with Crippen LogP contribution in [0.5, 0.6) is 0 Å². The van der Waals surface area contributed by atoms with E-state index in [9.17, 15) is 9.59 Å². The molecule has 0 aliphatic rings. The molecule has 2 amide bonds. The predicted octanol–water partition coefficient (Wildman–Crippen LogP) is 3.44. The quantitative estimate of drug-likeness (QED) is 0.543. The molecule has 1 rings (SSSR count). The van der Waals surface area contributed by atoms with Gasteiger partial charge in [0.25, 0.3) is 0 Å². The largest absolute Gasteiger partial charge is 0.324 e. The summed E-state index contributed by atoms with van der Waals surface area (Å²) >= 11 is 6.52. The molecule has 7 heteroatoms. The Bertz CT molecular complexity index is 518. The van der Waals surface area contributed by atoms with Crippen molar-refractivity contribution in [1.82, 2.24) is 0 Å². The Morgan fingerprint density at radius 1 is 1.17 bits per heavy atom. The third-order valence-corrected chi connectivity index (χ3v) is 4.98. The number of nitrogens with one attached hydrogen (secondary N) is 1. The van der Waals surface area contributed by atoms with E-state index in [1.807, 2.05) is 6.07 Å². The van der Waals surface area contributed by atoms with Crippen molar-refractivity contribution in [2.75, 3.05) is 17.3 Å². The summed E-state index contributed by atoms with van der Waals surface area (Å²) < 4.78 is 2.81. The average molecular weight is 584 g/mol. The van der Waals surface area contributed by atoms with E-state index in [0.29, 0.717) is 0 Å². The average Bonchev–Trinajstić information content (AvgIpc) is 2.23. The van der Waals surface area contributed by atoms with Crippen LogP contribution in [0.2, 0.25) is 0 Å². The van der Waals surface area contributed by atoms with E-state index in [4.69, 9.17) is 0 Å². The highest BCUT2D eigenvalue weighted by atomic mass is 127. The zero-order valence-corrected chi connectivity index (χ0v) is 16.4. The van der Waals surface area contributed by atoms with Crippen LogP contribution in [0.3, 0.4) is 0 Å². The van der Waals surface area contributed by atoms with Crippen LogP contribution in [0.25, 0.3) is 0 Å². The van der Waals surface area contributed by atoms with Gasteiger partial charge in [-0.05, 0) is 73.8 Å². The number of carbonyl (C=O) groups excluding carboxylic acids is 2. The molecule has 0 aliphatic carbocycles. The lowest BCUT2D eigenvalue weighted by Gasteiger charge is -2.21. The lowest BCUT2D eigenvalue weighted by atomic mass is 10.2. The Hall–Kier alpha value is 0.350. The summed E-state index contributed by atoms with van der Waals surface area (Å²) in [6.07, 6.45) is 0.